The predicted octanol–water partition coefficient (Wildman–Crippen LogP) is 2.88. The Hall–Kier alpha value is -2.04. The van der Waals surface area contributed by atoms with E-state index in [1.54, 1.807) is 0 Å². The van der Waals surface area contributed by atoms with Crippen LogP contribution in [0.25, 0.3) is 0 Å². The van der Waals surface area contributed by atoms with Crippen molar-refractivity contribution in [1.82, 2.24) is 0 Å². The van der Waals surface area contributed by atoms with E-state index in [-0.39, 0.29) is 12.1 Å². The molecule has 0 aromatic heterocycles. The second-order valence-corrected chi connectivity index (χ2v) is 3.71. The zero-order chi connectivity index (χ0) is 15.9. The molecule has 0 aliphatic rings. The largest absolute Gasteiger partial charge is 0.502 e. The third-order valence-corrected chi connectivity index (χ3v) is 2.33. The summed E-state index contributed by atoms with van der Waals surface area (Å²) >= 11 is 0. The molecule has 0 fully saturated rings. The summed E-state index contributed by atoms with van der Waals surface area (Å²) in [5.41, 5.74) is 0.0451. The molecule has 0 heterocycles. The number of halogens is 6. The fraction of sp³-hybridized carbons (Fsp3) is 0.333. The molecule has 1 aromatic rings. The standard InChI is InChI=1S/C9H6F6N2O3/c10-8(11,12)3-1-4(7(16)9(13,14)15)6(18)5(2-3)17(19)20/h1-2,7,18H,16H2/t7-/m0/s1. The lowest BCUT2D eigenvalue weighted by Gasteiger charge is -2.18. The Morgan fingerprint density at radius 3 is 2.05 bits per heavy atom. The van der Waals surface area contributed by atoms with Crippen LogP contribution < -0.4 is 5.73 Å². The third-order valence-electron chi connectivity index (χ3n) is 2.33. The molecule has 3 N–H and O–H groups in total. The molecule has 0 unspecified atom stereocenters. The normalized spacial score (nSPS) is 14.2. The smallest absolute Gasteiger partial charge is 0.416 e. The number of hydrogen-bond acceptors (Lipinski definition) is 4. The number of benzene rings is 1. The molecule has 0 aliphatic heterocycles. The number of nitro benzene ring substituents is 1. The van der Waals surface area contributed by atoms with Crippen LogP contribution in [0.1, 0.15) is 17.2 Å². The van der Waals surface area contributed by atoms with E-state index >= 15 is 0 Å². The first-order valence-corrected chi connectivity index (χ1v) is 4.76. The van der Waals surface area contributed by atoms with Gasteiger partial charge in [-0.05, 0) is 6.07 Å². The van der Waals surface area contributed by atoms with Gasteiger partial charge in [0.05, 0.1) is 10.5 Å². The fourth-order valence-electron chi connectivity index (χ4n) is 1.36. The predicted molar refractivity (Wildman–Crippen MR) is 52.7 cm³/mol. The molecule has 1 aromatic carbocycles. The molecular formula is C9H6F6N2O3. The Morgan fingerprint density at radius 2 is 1.70 bits per heavy atom. The molecule has 0 aliphatic carbocycles. The van der Waals surface area contributed by atoms with Gasteiger partial charge in [0.25, 0.3) is 0 Å². The van der Waals surface area contributed by atoms with E-state index in [1.807, 2.05) is 0 Å². The van der Waals surface area contributed by atoms with Crippen molar-refractivity contribution in [3.63, 3.8) is 0 Å². The summed E-state index contributed by atoms with van der Waals surface area (Å²) in [5.74, 6) is -1.55. The molecule has 1 rings (SSSR count). The van der Waals surface area contributed by atoms with Gasteiger partial charge in [0.1, 0.15) is 6.04 Å². The number of rotatable bonds is 2. The Kier molecular flexibility index (Phi) is 3.85. The van der Waals surface area contributed by atoms with Gasteiger partial charge >= 0.3 is 18.0 Å². The van der Waals surface area contributed by atoms with Crippen molar-refractivity contribution in [3.8, 4) is 5.75 Å². The maximum atomic E-state index is 12.5. The van der Waals surface area contributed by atoms with E-state index in [2.05, 4.69) is 5.73 Å². The van der Waals surface area contributed by atoms with Crippen molar-refractivity contribution < 1.29 is 36.4 Å². The summed E-state index contributed by atoms with van der Waals surface area (Å²) in [6, 6.07) is -3.12. The van der Waals surface area contributed by atoms with Crippen molar-refractivity contribution in [2.24, 2.45) is 5.73 Å². The lowest BCUT2D eigenvalue weighted by molar-refractivity contribution is -0.386. The van der Waals surface area contributed by atoms with E-state index < -0.39 is 45.9 Å². The summed E-state index contributed by atoms with van der Waals surface area (Å²) in [4.78, 5) is 9.05. The van der Waals surface area contributed by atoms with Gasteiger partial charge in [-0.15, -0.1) is 0 Å². The molecule has 1 atom stereocenters. The zero-order valence-corrected chi connectivity index (χ0v) is 9.29. The van der Waals surface area contributed by atoms with Gasteiger partial charge in [0.2, 0.25) is 0 Å². The summed E-state index contributed by atoms with van der Waals surface area (Å²) in [5, 5.41) is 19.8. The van der Waals surface area contributed by atoms with Crippen molar-refractivity contribution >= 4 is 5.69 Å². The maximum absolute atomic E-state index is 12.5. The van der Waals surface area contributed by atoms with E-state index in [9.17, 15) is 41.6 Å². The first kappa shape index (κ1) is 16.0. The molecule has 0 saturated carbocycles. The number of nitrogens with two attached hydrogens (primary N) is 1. The molecule has 11 heteroatoms. The van der Waals surface area contributed by atoms with Gasteiger partial charge in [0, 0.05) is 11.6 Å². The molecule has 0 bridgehead atoms. The summed E-state index contributed by atoms with van der Waals surface area (Å²) < 4.78 is 74.6. The molecule has 20 heavy (non-hydrogen) atoms. The van der Waals surface area contributed by atoms with Crippen molar-refractivity contribution in [3.05, 3.63) is 33.4 Å². The SMILES string of the molecule is N[C@@H](c1cc(C(F)(F)F)cc([N+](=O)[O-])c1O)C(F)(F)F. The molecule has 0 spiro atoms. The van der Waals surface area contributed by atoms with E-state index in [0.717, 1.165) is 0 Å². The lowest BCUT2D eigenvalue weighted by Crippen LogP contribution is -2.29. The minimum Gasteiger partial charge on any atom is -0.502 e. The van der Waals surface area contributed by atoms with Gasteiger partial charge in [-0.2, -0.15) is 26.3 Å². The summed E-state index contributed by atoms with van der Waals surface area (Å²) in [7, 11) is 0. The average Bonchev–Trinajstić information content (AvgIpc) is 2.25. The first-order chi connectivity index (χ1) is 8.85. The maximum Gasteiger partial charge on any atom is 0.416 e. The molecule has 0 radical (unpaired) electrons. The number of phenolic OH excluding ortho intramolecular Hbond substituents is 1. The highest BCUT2D eigenvalue weighted by Gasteiger charge is 2.43. The number of aromatic hydroxyl groups is 1. The van der Waals surface area contributed by atoms with Crippen molar-refractivity contribution in [2.45, 2.75) is 18.4 Å². The minimum atomic E-state index is -5.17. The molecule has 112 valence electrons. The molecular weight excluding hydrogens is 298 g/mol. The van der Waals surface area contributed by atoms with Crippen LogP contribution in [0.4, 0.5) is 32.0 Å². The first-order valence-electron chi connectivity index (χ1n) is 4.76. The van der Waals surface area contributed by atoms with Crippen LogP contribution in [0.15, 0.2) is 12.1 Å². The summed E-state index contributed by atoms with van der Waals surface area (Å²) in [6.07, 6.45) is -10.3. The second kappa shape index (κ2) is 4.81. The van der Waals surface area contributed by atoms with Crippen LogP contribution in [-0.4, -0.2) is 16.2 Å². The Balaban J connectivity index is 3.59. The topological polar surface area (TPSA) is 89.4 Å². The van der Waals surface area contributed by atoms with Gasteiger partial charge < -0.3 is 10.8 Å². The van der Waals surface area contributed by atoms with Crippen LogP contribution >= 0.6 is 0 Å². The van der Waals surface area contributed by atoms with Crippen LogP contribution in [0.2, 0.25) is 0 Å². The highest BCUT2D eigenvalue weighted by molar-refractivity contribution is 5.55. The van der Waals surface area contributed by atoms with Gasteiger partial charge in [-0.3, -0.25) is 10.1 Å². The fourth-order valence-corrected chi connectivity index (χ4v) is 1.36. The van der Waals surface area contributed by atoms with Gasteiger partial charge in [0.15, 0.2) is 5.75 Å². The quantitative estimate of drug-likeness (QED) is 0.499. The van der Waals surface area contributed by atoms with Gasteiger partial charge in [-0.1, -0.05) is 0 Å². The number of phenols is 1. The zero-order valence-electron chi connectivity index (χ0n) is 9.29. The van der Waals surface area contributed by atoms with E-state index in [1.165, 1.54) is 0 Å². The van der Waals surface area contributed by atoms with Crippen molar-refractivity contribution in [2.75, 3.05) is 0 Å². The van der Waals surface area contributed by atoms with Crippen LogP contribution in [0.3, 0.4) is 0 Å². The molecule has 0 amide bonds. The summed E-state index contributed by atoms with van der Waals surface area (Å²) in [6.45, 7) is 0. The van der Waals surface area contributed by atoms with Crippen LogP contribution in [0, 0.1) is 10.1 Å². The highest BCUT2D eigenvalue weighted by atomic mass is 19.4. The number of nitrogens with zero attached hydrogens (tertiary/aromatic N) is 1. The average molecular weight is 304 g/mol. The Bertz CT molecular complexity index is 540. The number of hydrogen-bond donors (Lipinski definition) is 2. The lowest BCUT2D eigenvalue weighted by atomic mass is 10.0. The molecule has 0 saturated heterocycles. The number of alkyl halides is 6. The van der Waals surface area contributed by atoms with Crippen LogP contribution in [0.5, 0.6) is 5.75 Å². The molecule has 5 nitrogen and oxygen atoms in total. The monoisotopic (exact) mass is 304 g/mol. The highest BCUT2D eigenvalue weighted by Crippen LogP contribution is 2.43. The second-order valence-electron chi connectivity index (χ2n) is 3.71. The Morgan fingerprint density at radius 1 is 1.20 bits per heavy atom. The Labute approximate surface area is 106 Å². The third kappa shape index (κ3) is 3.10. The minimum absolute atomic E-state index is 0.0675. The number of nitro groups is 1. The van der Waals surface area contributed by atoms with E-state index in [4.69, 9.17) is 0 Å². The van der Waals surface area contributed by atoms with Gasteiger partial charge in [-0.25, -0.2) is 0 Å². The van der Waals surface area contributed by atoms with Crippen LogP contribution in [-0.2, 0) is 6.18 Å². The van der Waals surface area contributed by atoms with Crippen molar-refractivity contribution in [1.29, 1.82) is 0 Å². The van der Waals surface area contributed by atoms with E-state index in [0.29, 0.717) is 0 Å².